The molecule has 0 aromatic heterocycles. The van der Waals surface area contributed by atoms with Crippen LogP contribution in [-0.2, 0) is 0 Å². The van der Waals surface area contributed by atoms with Crippen molar-refractivity contribution in [2.24, 2.45) is 33.7 Å². The molecule has 528 valence electrons. The van der Waals surface area contributed by atoms with Gasteiger partial charge in [-0.05, 0) is 173 Å². The van der Waals surface area contributed by atoms with Crippen molar-refractivity contribution < 1.29 is 38.4 Å². The van der Waals surface area contributed by atoms with E-state index in [0.717, 1.165) is 132 Å². The third-order valence-electron chi connectivity index (χ3n) is 22.5. The monoisotopic (exact) mass is 1460 g/mol. The molecule has 104 heavy (non-hydrogen) atoms. The van der Waals surface area contributed by atoms with E-state index in [1.165, 1.54) is 19.6 Å². The number of isothiocyanates is 2. The molecule has 14 rings (SSSR count). The van der Waals surface area contributed by atoms with Crippen molar-refractivity contribution in [3.05, 3.63) is 117 Å². The lowest BCUT2D eigenvalue weighted by atomic mass is 9.81. The Hall–Kier alpha value is -9.36. The number of rotatable bonds is 28. The van der Waals surface area contributed by atoms with E-state index in [1.807, 2.05) is 24.3 Å². The molecule has 10 aromatic carbocycles. The summed E-state index contributed by atoms with van der Waals surface area (Å²) in [5, 5.41) is 39.7. The number of hydrogen-bond donors (Lipinski definition) is 0. The molecule has 0 fully saturated rings. The molecule has 0 saturated carbocycles. The molecule has 0 radical (unpaired) electrons. The van der Waals surface area contributed by atoms with Gasteiger partial charge in [0.25, 0.3) is 47.3 Å². The quantitative estimate of drug-likeness (QED) is 0.00846. The highest BCUT2D eigenvalue weighted by atomic mass is 32.2. The van der Waals surface area contributed by atoms with E-state index >= 15 is 0 Å². The van der Waals surface area contributed by atoms with Crippen LogP contribution in [-0.4, -0.2) is 103 Å². The zero-order valence-electron chi connectivity index (χ0n) is 59.9. The summed E-state index contributed by atoms with van der Waals surface area (Å²) in [6, 6.07) is 21.4. The number of thiocarbonyl (C=S) groups is 2. The van der Waals surface area contributed by atoms with E-state index in [-0.39, 0.29) is 70.9 Å². The van der Waals surface area contributed by atoms with Gasteiger partial charge in [0.15, 0.2) is 0 Å². The van der Waals surface area contributed by atoms with Crippen molar-refractivity contribution in [2.75, 3.05) is 26.2 Å². The van der Waals surface area contributed by atoms with Gasteiger partial charge in [0.1, 0.15) is 10.8 Å². The lowest BCUT2D eigenvalue weighted by Crippen LogP contribution is -2.43. The van der Waals surface area contributed by atoms with Crippen LogP contribution >= 0.6 is 48.0 Å². The van der Waals surface area contributed by atoms with Crippen LogP contribution in [0.15, 0.2) is 92.6 Å². The number of unbranched alkanes of at least 4 members (excludes halogenated alkanes) is 4. The van der Waals surface area contributed by atoms with Crippen LogP contribution in [0.1, 0.15) is 241 Å². The minimum Gasteiger partial charge on any atom is -0.274 e. The number of fused-ring (bicyclic) bond motifs is 4. The van der Waals surface area contributed by atoms with Gasteiger partial charge in [-0.3, -0.25) is 58.0 Å². The number of amides is 8. The molecule has 0 bridgehead atoms. The molecule has 0 saturated heterocycles. The fraction of sp³-hybridized carbons (Fsp3) is 0.381. The van der Waals surface area contributed by atoms with E-state index in [9.17, 15) is 48.9 Å². The van der Waals surface area contributed by atoms with Gasteiger partial charge in [-0.2, -0.15) is 20.5 Å². The Morgan fingerprint density at radius 3 is 0.913 bits per heavy atom. The Balaban J connectivity index is 0.000000185. The molecule has 10 aromatic rings. The minimum atomic E-state index is -0.386. The number of imide groups is 4. The SMILES string of the molecule is CCCCC(CC)CN1C(=O)c2ccc3c4c(N=C=S)cc5c6c(cc(SC#N)c(c7ccc(c2c37)C1=O)c64)C(=O)N(CC(CC)CCCC)C5=O.CCCCC(CC)CN1C(=O)c2ccc3c4c(SC#N)cc5c6c(ccc(c7c(N=C=S)cc(c2c37)C1=O)c64)C(=O)N(CC(CC)CCCC)C5=O. The van der Waals surface area contributed by atoms with Gasteiger partial charge in [-0.1, -0.05) is 157 Å². The van der Waals surface area contributed by atoms with E-state index in [1.54, 1.807) is 48.5 Å². The van der Waals surface area contributed by atoms with Crippen LogP contribution in [0.25, 0.3) is 86.2 Å². The lowest BCUT2D eigenvalue weighted by molar-refractivity contribution is 0.0565. The molecule has 4 heterocycles. The average Bonchev–Trinajstić information content (AvgIpc) is 0.688. The largest absolute Gasteiger partial charge is 0.274 e. The Morgan fingerprint density at radius 1 is 0.337 bits per heavy atom. The summed E-state index contributed by atoms with van der Waals surface area (Å²) >= 11 is 12.1. The molecule has 20 heteroatoms. The predicted molar refractivity (Wildman–Crippen MR) is 422 cm³/mol. The van der Waals surface area contributed by atoms with Crippen LogP contribution in [0, 0.1) is 45.0 Å². The Morgan fingerprint density at radius 2 is 0.596 bits per heavy atom. The first-order valence-electron chi connectivity index (χ1n) is 36.8. The molecule has 16 nitrogen and oxygen atoms in total. The molecule has 0 spiro atoms. The van der Waals surface area contributed by atoms with Gasteiger partial charge >= 0.3 is 0 Å². The van der Waals surface area contributed by atoms with Crippen LogP contribution in [0.3, 0.4) is 0 Å². The number of nitrogens with zero attached hydrogens (tertiary/aromatic N) is 8. The highest BCUT2D eigenvalue weighted by Crippen LogP contribution is 2.55. The van der Waals surface area contributed by atoms with Crippen molar-refractivity contribution in [1.82, 2.24) is 19.6 Å². The van der Waals surface area contributed by atoms with Gasteiger partial charge in [-0.15, -0.1) is 0 Å². The normalized spacial score (nSPS) is 15.3. The maximum absolute atomic E-state index is 14.3. The summed E-state index contributed by atoms with van der Waals surface area (Å²) in [4.78, 5) is 130. The number of carbonyl (C=O) groups is 8. The summed E-state index contributed by atoms with van der Waals surface area (Å²) in [7, 11) is 0. The number of aliphatic imine (C=N–C) groups is 2. The van der Waals surface area contributed by atoms with E-state index in [2.05, 4.69) is 86.5 Å². The number of hydrogen-bond acceptors (Lipinski definition) is 16. The van der Waals surface area contributed by atoms with Gasteiger partial charge in [0, 0.05) is 129 Å². The zero-order chi connectivity index (χ0) is 73.7. The van der Waals surface area contributed by atoms with Crippen LogP contribution in [0.2, 0.25) is 0 Å². The number of benzene rings is 10. The highest BCUT2D eigenvalue weighted by molar-refractivity contribution is 8.04. The smallest absolute Gasteiger partial charge is 0.261 e. The second-order valence-electron chi connectivity index (χ2n) is 28.2. The third-order valence-corrected chi connectivity index (χ3v) is 23.9. The molecule has 4 unspecified atom stereocenters. The van der Waals surface area contributed by atoms with Gasteiger partial charge in [0.2, 0.25) is 0 Å². The topological polar surface area (TPSA) is 222 Å². The van der Waals surface area contributed by atoms with Crippen molar-refractivity contribution in [3.8, 4) is 10.8 Å². The number of thioether (sulfide) groups is 2. The van der Waals surface area contributed by atoms with E-state index < -0.39 is 0 Å². The first kappa shape index (κ1) is 73.0. The number of nitriles is 2. The molecule has 8 amide bonds. The summed E-state index contributed by atoms with van der Waals surface area (Å²) in [5.41, 5.74) is 4.00. The summed E-state index contributed by atoms with van der Waals surface area (Å²) in [5.74, 6) is -2.09. The second-order valence-corrected chi connectivity index (χ2v) is 30.2. The molecule has 0 N–H and O–H groups in total. The number of thiocyanates is 2. The van der Waals surface area contributed by atoms with Crippen molar-refractivity contribution in [2.45, 2.75) is 168 Å². The zero-order valence-corrected chi connectivity index (χ0v) is 63.1. The minimum absolute atomic E-state index is 0.158. The third kappa shape index (κ3) is 12.0. The lowest BCUT2D eigenvalue weighted by Gasteiger charge is -2.33. The first-order valence-corrected chi connectivity index (χ1v) is 39.2. The maximum Gasteiger partial charge on any atom is 0.261 e. The Kier molecular flexibility index (Phi) is 21.3. The highest BCUT2D eigenvalue weighted by Gasteiger charge is 2.43. The van der Waals surface area contributed by atoms with Crippen molar-refractivity contribution in [1.29, 1.82) is 10.5 Å². The van der Waals surface area contributed by atoms with Crippen LogP contribution < -0.4 is 0 Å². The van der Waals surface area contributed by atoms with Gasteiger partial charge in [-0.25, -0.2) is 0 Å². The number of carbonyl (C=O) groups excluding carboxylic acids is 8. The molecule has 0 aliphatic carbocycles. The fourth-order valence-electron chi connectivity index (χ4n) is 16.9. The predicted octanol–water partition coefficient (Wildman–Crippen LogP) is 21.3. The average molecular weight is 1460 g/mol. The second kappa shape index (κ2) is 30.4. The maximum atomic E-state index is 14.3. The van der Waals surface area contributed by atoms with Gasteiger partial charge < -0.3 is 0 Å². The van der Waals surface area contributed by atoms with Crippen molar-refractivity contribution in [3.63, 3.8) is 0 Å². The van der Waals surface area contributed by atoms with Crippen LogP contribution in [0.4, 0.5) is 11.4 Å². The molecule has 4 aliphatic rings. The first-order chi connectivity index (χ1) is 50.5. The van der Waals surface area contributed by atoms with Gasteiger partial charge in [0.05, 0.1) is 32.8 Å². The standard InChI is InChI=1S/2C42H40N4O4S2/c1-5-9-11-23(7-3)19-45-39(47)27-16-14-26-36-32(52-21-43)18-30-34-28(40(48)46(42(30)50)20-24(8-4)12-10-6-2)15-13-25(38(34)36)35-31(44-22-51)17-29(41(45)49)33(27)37(26)35;1-5-9-11-23(7-3)19-45-39(47)27-15-13-25-33-26(14-16-28(34(27)33)40(45)48)37-32(52-21-43)18-30-35-29(17-31(44-22-51)36(25)38(35)37)41(49)46(42(30)50)20-24(8-4)12-10-6-2/h2*13-18,23-24H,5-12,19-20H2,1-4H3. The summed E-state index contributed by atoms with van der Waals surface area (Å²) < 4.78 is 0. The van der Waals surface area contributed by atoms with Crippen molar-refractivity contribution >= 4 is 203 Å². The molecule has 4 atom stereocenters. The summed E-state index contributed by atoms with van der Waals surface area (Å²) in [6.45, 7) is 18.2. The fourth-order valence-corrected chi connectivity index (χ4v) is 18.3. The summed E-state index contributed by atoms with van der Waals surface area (Å²) in [6.07, 6.45) is 15.3. The molecule has 4 aliphatic heterocycles. The molecular formula is C84H80N8O8S4. The Labute approximate surface area is 623 Å². The molecular weight excluding hydrogens is 1380 g/mol. The Bertz CT molecular complexity index is 5500. The van der Waals surface area contributed by atoms with E-state index in [0.29, 0.717) is 173 Å². The van der Waals surface area contributed by atoms with Crippen LogP contribution in [0.5, 0.6) is 0 Å². The van der Waals surface area contributed by atoms with E-state index in [4.69, 9.17) is 24.4 Å².